The van der Waals surface area contributed by atoms with Crippen molar-refractivity contribution < 1.29 is 4.79 Å². The normalized spacial score (nSPS) is 17.6. The van der Waals surface area contributed by atoms with E-state index in [0.29, 0.717) is 12.5 Å². The Morgan fingerprint density at radius 3 is 2.72 bits per heavy atom. The van der Waals surface area contributed by atoms with Crippen LogP contribution in [-0.2, 0) is 13.1 Å². The fourth-order valence-electron chi connectivity index (χ4n) is 3.46. The first-order chi connectivity index (χ1) is 12.2. The lowest BCUT2D eigenvalue weighted by Crippen LogP contribution is -2.41. The molecule has 2 amide bonds. The summed E-state index contributed by atoms with van der Waals surface area (Å²) >= 11 is 0. The van der Waals surface area contributed by atoms with Gasteiger partial charge in [0.05, 0.1) is 0 Å². The average Bonchev–Trinajstić information content (AvgIpc) is 3.28. The average molecular weight is 340 g/mol. The lowest BCUT2D eigenvalue weighted by Gasteiger charge is -2.22. The summed E-state index contributed by atoms with van der Waals surface area (Å²) in [4.78, 5) is 16.5. The van der Waals surface area contributed by atoms with Crippen LogP contribution in [0.25, 0.3) is 0 Å². The molecule has 1 aliphatic rings. The molecule has 1 saturated heterocycles. The number of aromatic nitrogens is 1. The lowest BCUT2D eigenvalue weighted by molar-refractivity contribution is 0.199. The molecule has 1 aliphatic heterocycles. The van der Waals surface area contributed by atoms with Crippen LogP contribution in [0.3, 0.4) is 0 Å². The van der Waals surface area contributed by atoms with Crippen molar-refractivity contribution >= 4 is 6.03 Å². The monoisotopic (exact) mass is 340 g/mol. The highest BCUT2D eigenvalue weighted by Crippen LogP contribution is 2.19. The van der Waals surface area contributed by atoms with Crippen LogP contribution in [0.5, 0.6) is 0 Å². The molecule has 0 radical (unpaired) electrons. The minimum atomic E-state index is 0.0219. The number of benzene rings is 1. The molecule has 0 spiro atoms. The predicted octanol–water partition coefficient (Wildman–Crippen LogP) is 2.65. The molecule has 1 aromatic heterocycles. The molecule has 0 bridgehead atoms. The molecule has 1 aromatic carbocycles. The van der Waals surface area contributed by atoms with Crippen LogP contribution in [0.1, 0.15) is 12.0 Å². The van der Waals surface area contributed by atoms with Crippen molar-refractivity contribution in [2.75, 3.05) is 33.2 Å². The standard InChI is InChI=1S/C20H28N4O/c1-22(20(25)21-10-14-23-11-5-6-12-23)15-19-9-13-24(17-19)16-18-7-3-2-4-8-18/h2-8,11-12,19H,9-10,13-17H2,1H3,(H,21,25)/t19-/m0/s1. The summed E-state index contributed by atoms with van der Waals surface area (Å²) in [6.07, 6.45) is 5.18. The molecule has 1 fully saturated rings. The molecule has 25 heavy (non-hydrogen) atoms. The van der Waals surface area contributed by atoms with Gasteiger partial charge in [0.25, 0.3) is 0 Å². The SMILES string of the molecule is CN(C[C@@H]1CCN(Cc2ccccc2)C1)C(=O)NCCn1cccc1. The number of nitrogens with zero attached hydrogens (tertiary/aromatic N) is 3. The second kappa shape index (κ2) is 8.72. The van der Waals surface area contributed by atoms with E-state index in [1.165, 1.54) is 5.56 Å². The first-order valence-electron chi connectivity index (χ1n) is 9.07. The van der Waals surface area contributed by atoms with Crippen LogP contribution >= 0.6 is 0 Å². The zero-order valence-corrected chi connectivity index (χ0v) is 15.0. The zero-order valence-electron chi connectivity index (χ0n) is 15.0. The van der Waals surface area contributed by atoms with Gasteiger partial charge in [0, 0.05) is 52.2 Å². The largest absolute Gasteiger partial charge is 0.353 e. The minimum absolute atomic E-state index is 0.0219. The maximum atomic E-state index is 12.2. The van der Waals surface area contributed by atoms with Gasteiger partial charge < -0.3 is 14.8 Å². The Morgan fingerprint density at radius 2 is 1.96 bits per heavy atom. The number of urea groups is 1. The van der Waals surface area contributed by atoms with E-state index in [0.717, 1.165) is 39.1 Å². The van der Waals surface area contributed by atoms with Crippen molar-refractivity contribution in [3.63, 3.8) is 0 Å². The van der Waals surface area contributed by atoms with Crippen LogP contribution in [0.15, 0.2) is 54.9 Å². The van der Waals surface area contributed by atoms with Crippen LogP contribution in [0.4, 0.5) is 4.79 Å². The third-order valence-corrected chi connectivity index (χ3v) is 4.81. The van der Waals surface area contributed by atoms with E-state index in [1.54, 1.807) is 0 Å². The van der Waals surface area contributed by atoms with Crippen LogP contribution in [0.2, 0.25) is 0 Å². The van der Waals surface area contributed by atoms with Crippen molar-refractivity contribution in [2.24, 2.45) is 5.92 Å². The van der Waals surface area contributed by atoms with Crippen molar-refractivity contribution in [2.45, 2.75) is 19.5 Å². The van der Waals surface area contributed by atoms with Crippen LogP contribution in [0, 0.1) is 5.92 Å². The highest BCUT2D eigenvalue weighted by molar-refractivity contribution is 5.73. The van der Waals surface area contributed by atoms with Crippen molar-refractivity contribution in [1.82, 2.24) is 19.7 Å². The molecule has 134 valence electrons. The summed E-state index contributed by atoms with van der Waals surface area (Å²) in [5.41, 5.74) is 1.36. The molecule has 5 heteroatoms. The number of carbonyl (C=O) groups is 1. The molecule has 3 rings (SSSR count). The van der Waals surface area contributed by atoms with E-state index in [2.05, 4.69) is 45.1 Å². The van der Waals surface area contributed by atoms with Gasteiger partial charge in [-0.2, -0.15) is 0 Å². The van der Waals surface area contributed by atoms with E-state index in [1.807, 2.05) is 36.5 Å². The molecular formula is C20H28N4O. The third-order valence-electron chi connectivity index (χ3n) is 4.81. The van der Waals surface area contributed by atoms with E-state index < -0.39 is 0 Å². The van der Waals surface area contributed by atoms with E-state index in [-0.39, 0.29) is 6.03 Å². The van der Waals surface area contributed by atoms with Gasteiger partial charge >= 0.3 is 6.03 Å². The fourth-order valence-corrected chi connectivity index (χ4v) is 3.46. The van der Waals surface area contributed by atoms with Gasteiger partial charge in [-0.05, 0) is 36.6 Å². The molecular weight excluding hydrogens is 312 g/mol. The highest BCUT2D eigenvalue weighted by atomic mass is 16.2. The first kappa shape index (κ1) is 17.5. The smallest absolute Gasteiger partial charge is 0.317 e. The Kier molecular flexibility index (Phi) is 6.12. The second-order valence-corrected chi connectivity index (χ2v) is 6.91. The van der Waals surface area contributed by atoms with Gasteiger partial charge in [0.15, 0.2) is 0 Å². The molecule has 0 aliphatic carbocycles. The topological polar surface area (TPSA) is 40.5 Å². The van der Waals surface area contributed by atoms with Crippen LogP contribution in [-0.4, -0.2) is 53.6 Å². The fraction of sp³-hybridized carbons (Fsp3) is 0.450. The number of nitrogens with one attached hydrogen (secondary N) is 1. The van der Waals surface area contributed by atoms with Gasteiger partial charge in [0.1, 0.15) is 0 Å². The summed E-state index contributed by atoms with van der Waals surface area (Å²) in [5.74, 6) is 0.559. The number of hydrogen-bond acceptors (Lipinski definition) is 2. The van der Waals surface area contributed by atoms with Crippen molar-refractivity contribution in [3.8, 4) is 0 Å². The van der Waals surface area contributed by atoms with Gasteiger partial charge in [-0.1, -0.05) is 30.3 Å². The van der Waals surface area contributed by atoms with Crippen LogP contribution < -0.4 is 5.32 Å². The van der Waals surface area contributed by atoms with Crippen molar-refractivity contribution in [3.05, 3.63) is 60.4 Å². The first-order valence-corrected chi connectivity index (χ1v) is 9.07. The summed E-state index contributed by atoms with van der Waals surface area (Å²) < 4.78 is 2.07. The Balaban J connectivity index is 1.36. The summed E-state index contributed by atoms with van der Waals surface area (Å²) in [7, 11) is 1.89. The van der Waals surface area contributed by atoms with E-state index >= 15 is 0 Å². The van der Waals surface area contributed by atoms with Gasteiger partial charge in [0.2, 0.25) is 0 Å². The van der Waals surface area contributed by atoms with Crippen molar-refractivity contribution in [1.29, 1.82) is 0 Å². The Hall–Kier alpha value is -2.27. The van der Waals surface area contributed by atoms with Gasteiger partial charge in [-0.3, -0.25) is 4.90 Å². The second-order valence-electron chi connectivity index (χ2n) is 6.91. The Bertz CT molecular complexity index is 641. The number of rotatable bonds is 7. The third kappa shape index (κ3) is 5.36. The summed E-state index contributed by atoms with van der Waals surface area (Å²) in [6.45, 7) is 5.47. The number of likely N-dealkylation sites (tertiary alicyclic amines) is 1. The van der Waals surface area contributed by atoms with Gasteiger partial charge in [-0.25, -0.2) is 4.79 Å². The van der Waals surface area contributed by atoms with E-state index in [9.17, 15) is 4.79 Å². The molecule has 5 nitrogen and oxygen atoms in total. The van der Waals surface area contributed by atoms with Gasteiger partial charge in [-0.15, -0.1) is 0 Å². The number of carbonyl (C=O) groups excluding carboxylic acids is 1. The summed E-state index contributed by atoms with van der Waals surface area (Å²) in [5, 5.41) is 3.00. The quantitative estimate of drug-likeness (QED) is 0.842. The summed E-state index contributed by atoms with van der Waals surface area (Å²) in [6, 6.07) is 14.6. The Labute approximate surface area is 150 Å². The molecule has 1 N–H and O–H groups in total. The Morgan fingerprint density at radius 1 is 1.20 bits per heavy atom. The predicted molar refractivity (Wildman–Crippen MR) is 100 cm³/mol. The molecule has 0 unspecified atom stereocenters. The van der Waals surface area contributed by atoms with E-state index in [4.69, 9.17) is 0 Å². The highest BCUT2D eigenvalue weighted by Gasteiger charge is 2.24. The maximum Gasteiger partial charge on any atom is 0.317 e. The molecule has 2 heterocycles. The zero-order chi connectivity index (χ0) is 17.5. The number of amides is 2. The molecule has 2 aromatic rings. The number of hydrogen-bond donors (Lipinski definition) is 1. The molecule has 1 atom stereocenters. The maximum absolute atomic E-state index is 12.2. The lowest BCUT2D eigenvalue weighted by atomic mass is 10.1. The molecule has 0 saturated carbocycles. The minimum Gasteiger partial charge on any atom is -0.353 e.